The smallest absolute Gasteiger partial charge is 0.276 e. The van der Waals surface area contributed by atoms with Crippen LogP contribution in [0.15, 0.2) is 30.3 Å². The third kappa shape index (κ3) is 3.42. The molecule has 0 saturated carbocycles. The summed E-state index contributed by atoms with van der Waals surface area (Å²) in [5, 5.41) is 8.30. The van der Waals surface area contributed by atoms with E-state index in [2.05, 4.69) is 22.1 Å². The Hall–Kier alpha value is -2.21. The minimum Gasteiger partial charge on any atom is -0.335 e. The maximum Gasteiger partial charge on any atom is 0.276 e. The maximum absolute atomic E-state index is 12.7. The fraction of sp³-hybridized carbons (Fsp3) is 0.471. The van der Waals surface area contributed by atoms with Crippen LogP contribution in [-0.2, 0) is 6.54 Å². The van der Waals surface area contributed by atoms with E-state index < -0.39 is 0 Å². The molecule has 0 bridgehead atoms. The summed E-state index contributed by atoms with van der Waals surface area (Å²) in [7, 11) is 0. The first-order chi connectivity index (χ1) is 11.2. The minimum absolute atomic E-state index is 0.00225. The summed E-state index contributed by atoms with van der Waals surface area (Å²) in [5.74, 6) is -0.00225. The molecule has 0 aliphatic carbocycles. The van der Waals surface area contributed by atoms with Crippen LogP contribution in [-0.4, -0.2) is 63.4 Å². The highest BCUT2D eigenvalue weighted by Gasteiger charge is 2.25. The van der Waals surface area contributed by atoms with Crippen molar-refractivity contribution in [1.82, 2.24) is 24.8 Å². The number of amides is 1. The first-order valence-electron chi connectivity index (χ1n) is 8.14. The average molecular weight is 313 g/mol. The molecular weight excluding hydrogens is 290 g/mol. The van der Waals surface area contributed by atoms with E-state index in [4.69, 9.17) is 0 Å². The molecule has 0 spiro atoms. The van der Waals surface area contributed by atoms with E-state index in [1.807, 2.05) is 42.2 Å². The van der Waals surface area contributed by atoms with Crippen molar-refractivity contribution in [2.24, 2.45) is 0 Å². The second-order valence-corrected chi connectivity index (χ2v) is 5.89. The third-order valence-electron chi connectivity index (χ3n) is 4.47. The number of likely N-dealkylation sites (N-methyl/N-ethyl adjacent to an activating group) is 1. The Morgan fingerprint density at radius 1 is 1.13 bits per heavy atom. The fourth-order valence-electron chi connectivity index (χ4n) is 2.88. The molecule has 1 aromatic carbocycles. The van der Waals surface area contributed by atoms with E-state index in [0.717, 1.165) is 44.0 Å². The lowest BCUT2D eigenvalue weighted by Crippen LogP contribution is -2.48. The monoisotopic (exact) mass is 313 g/mol. The van der Waals surface area contributed by atoms with Gasteiger partial charge in [0.1, 0.15) is 0 Å². The zero-order chi connectivity index (χ0) is 16.2. The summed E-state index contributed by atoms with van der Waals surface area (Å²) in [4.78, 5) is 16.9. The molecule has 1 aliphatic heterocycles. The Morgan fingerprint density at radius 2 is 1.83 bits per heavy atom. The molecule has 0 N–H and O–H groups in total. The van der Waals surface area contributed by atoms with Gasteiger partial charge in [0.2, 0.25) is 0 Å². The molecule has 1 fully saturated rings. The van der Waals surface area contributed by atoms with Gasteiger partial charge in [-0.1, -0.05) is 42.5 Å². The Labute approximate surface area is 136 Å². The molecule has 1 saturated heterocycles. The number of piperazine rings is 1. The molecule has 1 amide bonds. The van der Waals surface area contributed by atoms with E-state index in [-0.39, 0.29) is 5.91 Å². The van der Waals surface area contributed by atoms with Crippen LogP contribution >= 0.6 is 0 Å². The highest BCUT2D eigenvalue weighted by molar-refractivity contribution is 5.93. The topological polar surface area (TPSA) is 54.3 Å². The predicted octanol–water partition coefficient (Wildman–Crippen LogP) is 1.41. The lowest BCUT2D eigenvalue weighted by molar-refractivity contribution is 0.0636. The summed E-state index contributed by atoms with van der Waals surface area (Å²) in [5.41, 5.74) is 2.46. The number of nitrogens with zero attached hydrogens (tertiary/aromatic N) is 5. The molecule has 0 radical (unpaired) electrons. The van der Waals surface area contributed by atoms with Crippen molar-refractivity contribution < 1.29 is 4.79 Å². The van der Waals surface area contributed by atoms with Crippen LogP contribution in [0.3, 0.4) is 0 Å². The summed E-state index contributed by atoms with van der Waals surface area (Å²) in [6.45, 7) is 9.12. The van der Waals surface area contributed by atoms with E-state index in [1.54, 1.807) is 4.68 Å². The molecule has 0 unspecified atom stereocenters. The number of carbonyl (C=O) groups is 1. The van der Waals surface area contributed by atoms with Gasteiger partial charge >= 0.3 is 0 Å². The normalized spacial score (nSPS) is 15.8. The number of carbonyl (C=O) groups excluding carboxylic acids is 1. The Bertz CT molecular complexity index is 659. The molecular formula is C17H23N5O. The highest BCUT2D eigenvalue weighted by atomic mass is 16.2. The zero-order valence-electron chi connectivity index (χ0n) is 13.8. The van der Waals surface area contributed by atoms with Gasteiger partial charge in [0.05, 0.1) is 12.2 Å². The summed E-state index contributed by atoms with van der Waals surface area (Å²) >= 11 is 0. The average Bonchev–Trinajstić information content (AvgIpc) is 2.96. The van der Waals surface area contributed by atoms with Crippen molar-refractivity contribution in [3.63, 3.8) is 0 Å². The Kier molecular flexibility index (Phi) is 4.71. The third-order valence-corrected chi connectivity index (χ3v) is 4.47. The van der Waals surface area contributed by atoms with E-state index in [0.29, 0.717) is 12.2 Å². The van der Waals surface area contributed by atoms with E-state index >= 15 is 0 Å². The van der Waals surface area contributed by atoms with E-state index in [1.165, 1.54) is 0 Å². The van der Waals surface area contributed by atoms with Crippen molar-refractivity contribution in [2.45, 2.75) is 20.4 Å². The van der Waals surface area contributed by atoms with Gasteiger partial charge in [-0.25, -0.2) is 4.68 Å². The number of benzene rings is 1. The van der Waals surface area contributed by atoms with Crippen LogP contribution in [0.1, 0.15) is 28.7 Å². The van der Waals surface area contributed by atoms with Crippen molar-refractivity contribution >= 4 is 5.91 Å². The number of hydrogen-bond acceptors (Lipinski definition) is 4. The SMILES string of the molecule is CCN1CCN(C(=O)c2nnn(Cc3ccccc3)c2C)CC1. The van der Waals surface area contributed by atoms with Gasteiger partial charge < -0.3 is 9.80 Å². The van der Waals surface area contributed by atoms with Gasteiger partial charge in [-0.2, -0.15) is 0 Å². The van der Waals surface area contributed by atoms with E-state index in [9.17, 15) is 4.79 Å². The van der Waals surface area contributed by atoms with Crippen LogP contribution in [0.4, 0.5) is 0 Å². The quantitative estimate of drug-likeness (QED) is 0.856. The molecule has 1 aromatic heterocycles. The van der Waals surface area contributed by atoms with Gasteiger partial charge in [0, 0.05) is 26.2 Å². The second kappa shape index (κ2) is 6.91. The highest BCUT2D eigenvalue weighted by Crippen LogP contribution is 2.12. The standard InChI is InChI=1S/C17H23N5O/c1-3-20-9-11-21(12-10-20)17(23)16-14(2)22(19-18-16)13-15-7-5-4-6-8-15/h4-8H,3,9-13H2,1-2H3. The summed E-state index contributed by atoms with van der Waals surface area (Å²) < 4.78 is 1.80. The largest absolute Gasteiger partial charge is 0.335 e. The van der Waals surface area contributed by atoms with Crippen LogP contribution in [0.2, 0.25) is 0 Å². The first kappa shape index (κ1) is 15.7. The summed E-state index contributed by atoms with van der Waals surface area (Å²) in [6.07, 6.45) is 0. The lowest BCUT2D eigenvalue weighted by atomic mass is 10.2. The Morgan fingerprint density at radius 3 is 2.48 bits per heavy atom. The zero-order valence-corrected chi connectivity index (χ0v) is 13.8. The van der Waals surface area contributed by atoms with Crippen molar-refractivity contribution in [3.8, 4) is 0 Å². The molecule has 2 aromatic rings. The molecule has 1 aliphatic rings. The fourth-order valence-corrected chi connectivity index (χ4v) is 2.88. The van der Waals surface area contributed by atoms with Gasteiger partial charge in [0.25, 0.3) is 5.91 Å². The first-order valence-corrected chi connectivity index (χ1v) is 8.14. The van der Waals surface area contributed by atoms with Gasteiger partial charge in [-0.3, -0.25) is 4.79 Å². The van der Waals surface area contributed by atoms with Gasteiger partial charge in [-0.05, 0) is 19.0 Å². The van der Waals surface area contributed by atoms with Gasteiger partial charge in [-0.15, -0.1) is 5.10 Å². The lowest BCUT2D eigenvalue weighted by Gasteiger charge is -2.33. The molecule has 122 valence electrons. The Balaban J connectivity index is 1.70. The van der Waals surface area contributed by atoms with Crippen LogP contribution in [0, 0.1) is 6.92 Å². The molecule has 3 rings (SSSR count). The predicted molar refractivity (Wildman–Crippen MR) is 88.3 cm³/mol. The van der Waals surface area contributed by atoms with Crippen LogP contribution in [0.25, 0.3) is 0 Å². The molecule has 23 heavy (non-hydrogen) atoms. The number of aromatic nitrogens is 3. The van der Waals surface area contributed by atoms with Gasteiger partial charge in [0.15, 0.2) is 5.69 Å². The molecule has 2 heterocycles. The van der Waals surface area contributed by atoms with Crippen LogP contribution in [0.5, 0.6) is 0 Å². The summed E-state index contributed by atoms with van der Waals surface area (Å²) in [6, 6.07) is 10.1. The molecule has 6 heteroatoms. The number of hydrogen-bond donors (Lipinski definition) is 0. The second-order valence-electron chi connectivity index (χ2n) is 5.89. The minimum atomic E-state index is -0.00225. The van der Waals surface area contributed by atoms with Crippen molar-refractivity contribution in [1.29, 1.82) is 0 Å². The van der Waals surface area contributed by atoms with Crippen molar-refractivity contribution in [2.75, 3.05) is 32.7 Å². The number of rotatable bonds is 4. The maximum atomic E-state index is 12.7. The van der Waals surface area contributed by atoms with Crippen LogP contribution < -0.4 is 0 Å². The molecule has 0 atom stereocenters. The van der Waals surface area contributed by atoms with Crippen molar-refractivity contribution in [3.05, 3.63) is 47.3 Å². The molecule has 6 nitrogen and oxygen atoms in total.